The number of halogens is 1. The molecule has 30 heavy (non-hydrogen) atoms. The van der Waals surface area contributed by atoms with Crippen LogP contribution >= 0.6 is 0 Å². The van der Waals surface area contributed by atoms with Gasteiger partial charge in [0.25, 0.3) is 0 Å². The van der Waals surface area contributed by atoms with E-state index in [4.69, 9.17) is 4.99 Å². The number of aliphatic imine (C=N–C) groups is 1. The topological polar surface area (TPSA) is 77.0 Å². The van der Waals surface area contributed by atoms with Crippen LogP contribution in [-0.2, 0) is 10.0 Å². The number of piperidine rings is 2. The van der Waals surface area contributed by atoms with Crippen LogP contribution in [-0.4, -0.2) is 70.2 Å². The van der Waals surface area contributed by atoms with Gasteiger partial charge in [-0.15, -0.1) is 0 Å². The fourth-order valence-electron chi connectivity index (χ4n) is 4.16. The molecule has 2 aliphatic rings. The van der Waals surface area contributed by atoms with Crippen molar-refractivity contribution in [1.82, 2.24) is 14.9 Å². The average molecular weight is 440 g/mol. The molecule has 2 aliphatic heterocycles. The molecule has 2 saturated heterocycles. The molecule has 0 amide bonds. The van der Waals surface area contributed by atoms with Crippen molar-refractivity contribution < 1.29 is 12.8 Å². The van der Waals surface area contributed by atoms with Crippen LogP contribution in [0.25, 0.3) is 0 Å². The number of hydrogen-bond donors (Lipinski definition) is 2. The monoisotopic (exact) mass is 439 g/mol. The quantitative estimate of drug-likeness (QED) is 0.524. The van der Waals surface area contributed by atoms with E-state index in [-0.39, 0.29) is 11.9 Å². The van der Waals surface area contributed by atoms with Crippen molar-refractivity contribution in [1.29, 1.82) is 0 Å². The van der Waals surface area contributed by atoms with E-state index in [1.807, 2.05) is 13.0 Å². The number of benzene rings is 1. The summed E-state index contributed by atoms with van der Waals surface area (Å²) in [6.07, 6.45) is 5.04. The van der Waals surface area contributed by atoms with Crippen molar-refractivity contribution in [3.8, 4) is 0 Å². The van der Waals surface area contributed by atoms with Crippen LogP contribution in [0.2, 0.25) is 0 Å². The summed E-state index contributed by atoms with van der Waals surface area (Å²) in [7, 11) is -3.09. The fraction of sp³-hybridized carbons (Fsp3) is 0.667. The Balaban J connectivity index is 1.54. The standard InChI is InChI=1S/C21H34FN5O2S/c1-3-23-21(24-15-17-9-12-27(13-10-17)30(2,28)29)25-19-7-5-11-26(16-19)20-8-4-6-18(22)14-20/h4,6,8,14,17,19H,3,5,7,9-13,15-16H2,1-2H3,(H2,23,24,25). The van der Waals surface area contributed by atoms with Crippen molar-refractivity contribution in [3.05, 3.63) is 30.1 Å². The molecule has 0 bridgehead atoms. The molecule has 1 atom stereocenters. The first-order valence-corrected chi connectivity index (χ1v) is 12.7. The number of rotatable bonds is 6. The molecule has 1 aromatic rings. The molecule has 3 rings (SSSR count). The normalized spacial score (nSPS) is 22.2. The average Bonchev–Trinajstić information content (AvgIpc) is 2.72. The van der Waals surface area contributed by atoms with Crippen LogP contribution in [0, 0.1) is 11.7 Å². The number of hydrogen-bond acceptors (Lipinski definition) is 4. The van der Waals surface area contributed by atoms with E-state index in [9.17, 15) is 12.8 Å². The summed E-state index contributed by atoms with van der Waals surface area (Å²) >= 11 is 0. The molecule has 0 radical (unpaired) electrons. The van der Waals surface area contributed by atoms with Gasteiger partial charge >= 0.3 is 0 Å². The minimum Gasteiger partial charge on any atom is -0.369 e. The van der Waals surface area contributed by atoms with E-state index in [0.717, 1.165) is 57.0 Å². The van der Waals surface area contributed by atoms with Crippen molar-refractivity contribution in [2.24, 2.45) is 10.9 Å². The molecular weight excluding hydrogens is 405 g/mol. The molecule has 2 heterocycles. The lowest BCUT2D eigenvalue weighted by atomic mass is 9.98. The van der Waals surface area contributed by atoms with Gasteiger partial charge in [0.1, 0.15) is 5.82 Å². The van der Waals surface area contributed by atoms with Gasteiger partial charge in [0.15, 0.2) is 5.96 Å². The summed E-state index contributed by atoms with van der Waals surface area (Å²) in [5.41, 5.74) is 0.918. The Labute approximate surface area is 179 Å². The second-order valence-corrected chi connectivity index (χ2v) is 10.2. The van der Waals surface area contributed by atoms with Crippen molar-refractivity contribution in [3.63, 3.8) is 0 Å². The number of nitrogens with one attached hydrogen (secondary N) is 2. The predicted octanol–water partition coefficient (Wildman–Crippen LogP) is 2.02. The lowest BCUT2D eigenvalue weighted by Crippen LogP contribution is -2.51. The van der Waals surface area contributed by atoms with E-state index in [1.165, 1.54) is 12.3 Å². The summed E-state index contributed by atoms with van der Waals surface area (Å²) < 4.78 is 38.5. The summed E-state index contributed by atoms with van der Waals surface area (Å²) in [4.78, 5) is 7.00. The Bertz CT molecular complexity index is 824. The number of sulfonamides is 1. The summed E-state index contributed by atoms with van der Waals surface area (Å²) in [5.74, 6) is 0.988. The highest BCUT2D eigenvalue weighted by Crippen LogP contribution is 2.21. The Morgan fingerprint density at radius 1 is 1.23 bits per heavy atom. The van der Waals surface area contributed by atoms with Gasteiger partial charge in [-0.25, -0.2) is 17.1 Å². The van der Waals surface area contributed by atoms with Crippen LogP contribution in [0.15, 0.2) is 29.3 Å². The van der Waals surface area contributed by atoms with Crippen LogP contribution < -0.4 is 15.5 Å². The Morgan fingerprint density at radius 2 is 2.00 bits per heavy atom. The lowest BCUT2D eigenvalue weighted by Gasteiger charge is -2.35. The minimum absolute atomic E-state index is 0.209. The lowest BCUT2D eigenvalue weighted by molar-refractivity contribution is 0.280. The molecule has 0 saturated carbocycles. The van der Waals surface area contributed by atoms with E-state index >= 15 is 0 Å². The van der Waals surface area contributed by atoms with Crippen LogP contribution in [0.4, 0.5) is 10.1 Å². The maximum Gasteiger partial charge on any atom is 0.211 e. The summed E-state index contributed by atoms with van der Waals surface area (Å²) in [5, 5.41) is 6.86. The molecule has 1 aromatic carbocycles. The van der Waals surface area contributed by atoms with Crippen molar-refractivity contribution in [2.45, 2.75) is 38.6 Å². The van der Waals surface area contributed by atoms with Gasteiger partial charge in [-0.05, 0) is 56.7 Å². The molecule has 0 spiro atoms. The van der Waals surface area contributed by atoms with Gasteiger partial charge in [0.2, 0.25) is 10.0 Å². The molecule has 0 aliphatic carbocycles. The number of nitrogens with zero attached hydrogens (tertiary/aromatic N) is 3. The molecule has 168 valence electrons. The molecule has 0 aromatic heterocycles. The van der Waals surface area contributed by atoms with Gasteiger partial charge in [-0.2, -0.15) is 0 Å². The van der Waals surface area contributed by atoms with E-state index < -0.39 is 10.0 Å². The third-order valence-electron chi connectivity index (χ3n) is 5.83. The predicted molar refractivity (Wildman–Crippen MR) is 120 cm³/mol. The zero-order valence-corrected chi connectivity index (χ0v) is 18.8. The second kappa shape index (κ2) is 10.4. The SMILES string of the molecule is CCNC(=NCC1CCN(S(C)(=O)=O)CC1)NC1CCCN(c2cccc(F)c2)C1. The zero-order chi connectivity index (χ0) is 21.6. The second-order valence-electron chi connectivity index (χ2n) is 8.23. The first kappa shape index (κ1) is 22.8. The largest absolute Gasteiger partial charge is 0.369 e. The highest BCUT2D eigenvalue weighted by Gasteiger charge is 2.25. The van der Waals surface area contributed by atoms with Gasteiger partial charge < -0.3 is 15.5 Å². The molecule has 1 unspecified atom stereocenters. The van der Waals surface area contributed by atoms with E-state index in [1.54, 1.807) is 16.4 Å². The molecular formula is C21H34FN5O2S. The Morgan fingerprint density at radius 3 is 2.67 bits per heavy atom. The molecule has 7 nitrogen and oxygen atoms in total. The highest BCUT2D eigenvalue weighted by atomic mass is 32.2. The Kier molecular flexibility index (Phi) is 7.93. The fourth-order valence-corrected chi connectivity index (χ4v) is 5.03. The van der Waals surface area contributed by atoms with Crippen molar-refractivity contribution in [2.75, 3.05) is 50.4 Å². The minimum atomic E-state index is -3.09. The van der Waals surface area contributed by atoms with E-state index in [2.05, 4.69) is 15.5 Å². The number of guanidine groups is 1. The molecule has 9 heteroatoms. The van der Waals surface area contributed by atoms with Gasteiger partial charge in [-0.1, -0.05) is 6.07 Å². The van der Waals surface area contributed by atoms with Crippen LogP contribution in [0.1, 0.15) is 32.6 Å². The van der Waals surface area contributed by atoms with Crippen molar-refractivity contribution >= 4 is 21.7 Å². The van der Waals surface area contributed by atoms with Gasteiger partial charge in [0.05, 0.1) is 6.26 Å². The smallest absolute Gasteiger partial charge is 0.211 e. The number of anilines is 1. The molecule has 2 N–H and O–H groups in total. The van der Waals surface area contributed by atoms with E-state index in [0.29, 0.717) is 25.6 Å². The highest BCUT2D eigenvalue weighted by molar-refractivity contribution is 7.88. The third-order valence-corrected chi connectivity index (χ3v) is 7.13. The maximum atomic E-state index is 13.6. The van der Waals surface area contributed by atoms with Gasteiger partial charge in [-0.3, -0.25) is 4.99 Å². The first-order valence-electron chi connectivity index (χ1n) is 10.9. The summed E-state index contributed by atoms with van der Waals surface area (Å²) in [6, 6.07) is 7.01. The zero-order valence-electron chi connectivity index (χ0n) is 18.0. The Hall–Kier alpha value is -1.87. The molecule has 2 fully saturated rings. The summed E-state index contributed by atoms with van der Waals surface area (Å²) in [6.45, 7) is 6.39. The third kappa shape index (κ3) is 6.57. The first-order chi connectivity index (χ1) is 14.3. The van der Waals surface area contributed by atoms with Crippen LogP contribution in [0.3, 0.4) is 0 Å². The van der Waals surface area contributed by atoms with Crippen LogP contribution in [0.5, 0.6) is 0 Å². The maximum absolute atomic E-state index is 13.6. The van der Waals surface area contributed by atoms with Gasteiger partial charge in [0, 0.05) is 51.0 Å².